The van der Waals surface area contributed by atoms with Crippen molar-refractivity contribution in [3.05, 3.63) is 30.1 Å². The molecule has 2 atom stereocenters. The summed E-state index contributed by atoms with van der Waals surface area (Å²) in [5.41, 5.74) is 0.948. The molecule has 0 spiro atoms. The number of rotatable bonds is 4. The Hall–Kier alpha value is -1.46. The third-order valence-electron chi connectivity index (χ3n) is 3.32. The maximum atomic E-state index is 12.3. The number of nitrogens with one attached hydrogen (secondary N) is 1. The van der Waals surface area contributed by atoms with Gasteiger partial charge in [-0.2, -0.15) is 0 Å². The molecule has 104 valence electrons. The van der Waals surface area contributed by atoms with Gasteiger partial charge in [-0.1, -0.05) is 6.07 Å². The summed E-state index contributed by atoms with van der Waals surface area (Å²) >= 11 is 0. The first-order valence-electron chi connectivity index (χ1n) is 6.72. The zero-order valence-corrected chi connectivity index (χ0v) is 11.5. The second-order valence-corrected chi connectivity index (χ2v) is 4.80. The topological polar surface area (TPSA) is 54.5 Å². The number of amides is 1. The fourth-order valence-corrected chi connectivity index (χ4v) is 2.22. The second kappa shape index (κ2) is 6.63. The van der Waals surface area contributed by atoms with E-state index in [9.17, 15) is 4.79 Å². The number of aromatic nitrogens is 1. The maximum absolute atomic E-state index is 12.3. The number of carbonyl (C=O) groups excluding carboxylic acids is 1. The van der Waals surface area contributed by atoms with E-state index in [0.717, 1.165) is 5.69 Å². The van der Waals surface area contributed by atoms with Crippen LogP contribution in [0.3, 0.4) is 0 Å². The molecule has 19 heavy (non-hydrogen) atoms. The van der Waals surface area contributed by atoms with Crippen LogP contribution < -0.4 is 5.32 Å². The zero-order chi connectivity index (χ0) is 13.7. The van der Waals surface area contributed by atoms with Crippen LogP contribution in [0.1, 0.15) is 25.6 Å². The van der Waals surface area contributed by atoms with Gasteiger partial charge >= 0.3 is 0 Å². The standard InChI is InChI=1S/C14H21N3O2/c1-11(13-5-3-4-6-15-13)16-12(2)14(18)17-7-9-19-10-8-17/h3-6,11-12,16H,7-10H2,1-2H3. The minimum atomic E-state index is -0.213. The number of nitrogens with zero attached hydrogens (tertiary/aromatic N) is 2. The van der Waals surface area contributed by atoms with E-state index in [4.69, 9.17) is 4.74 Å². The van der Waals surface area contributed by atoms with E-state index in [1.807, 2.05) is 36.9 Å². The molecule has 1 aromatic heterocycles. The predicted molar refractivity (Wildman–Crippen MR) is 72.6 cm³/mol. The van der Waals surface area contributed by atoms with Crippen molar-refractivity contribution < 1.29 is 9.53 Å². The maximum Gasteiger partial charge on any atom is 0.239 e. The highest BCUT2D eigenvalue weighted by Gasteiger charge is 2.23. The molecule has 2 unspecified atom stereocenters. The fourth-order valence-electron chi connectivity index (χ4n) is 2.22. The number of hydrogen-bond donors (Lipinski definition) is 1. The van der Waals surface area contributed by atoms with Gasteiger partial charge in [-0.3, -0.25) is 15.1 Å². The van der Waals surface area contributed by atoms with E-state index in [0.29, 0.717) is 26.3 Å². The van der Waals surface area contributed by atoms with Crippen LogP contribution >= 0.6 is 0 Å². The normalized spacial score (nSPS) is 18.9. The predicted octanol–water partition coefficient (Wildman–Crippen LogP) is 0.979. The molecule has 0 saturated carbocycles. The minimum absolute atomic E-state index is 0.0567. The molecule has 0 aromatic carbocycles. The molecule has 2 rings (SSSR count). The van der Waals surface area contributed by atoms with Crippen LogP contribution in [0, 0.1) is 0 Å². The summed E-state index contributed by atoms with van der Waals surface area (Å²) in [7, 11) is 0. The van der Waals surface area contributed by atoms with Crippen LogP contribution in [0.5, 0.6) is 0 Å². The highest BCUT2D eigenvalue weighted by Crippen LogP contribution is 2.10. The molecule has 5 nitrogen and oxygen atoms in total. The van der Waals surface area contributed by atoms with E-state index in [2.05, 4.69) is 10.3 Å². The van der Waals surface area contributed by atoms with Crippen molar-refractivity contribution >= 4 is 5.91 Å². The van der Waals surface area contributed by atoms with Crippen LogP contribution in [0.15, 0.2) is 24.4 Å². The SMILES string of the molecule is CC(NC(C)c1ccccn1)C(=O)N1CCOCC1. The number of morpholine rings is 1. The molecule has 1 aliphatic rings. The van der Waals surface area contributed by atoms with Crippen LogP contribution in [-0.2, 0) is 9.53 Å². The average Bonchev–Trinajstić information content (AvgIpc) is 2.48. The highest BCUT2D eigenvalue weighted by molar-refractivity contribution is 5.81. The average molecular weight is 263 g/mol. The van der Waals surface area contributed by atoms with E-state index < -0.39 is 0 Å². The Morgan fingerprint density at radius 3 is 2.74 bits per heavy atom. The Morgan fingerprint density at radius 1 is 1.37 bits per heavy atom. The number of hydrogen-bond acceptors (Lipinski definition) is 4. The van der Waals surface area contributed by atoms with Gasteiger partial charge in [0.1, 0.15) is 0 Å². The Morgan fingerprint density at radius 2 is 2.11 bits per heavy atom. The van der Waals surface area contributed by atoms with Crippen molar-refractivity contribution in [2.45, 2.75) is 25.9 Å². The third-order valence-corrected chi connectivity index (χ3v) is 3.32. The van der Waals surface area contributed by atoms with E-state index in [1.165, 1.54) is 0 Å². The lowest BCUT2D eigenvalue weighted by atomic mass is 10.1. The molecular weight excluding hydrogens is 242 g/mol. The molecule has 1 N–H and O–H groups in total. The smallest absolute Gasteiger partial charge is 0.239 e. The van der Waals surface area contributed by atoms with Gasteiger partial charge in [0.2, 0.25) is 5.91 Å². The Bertz CT molecular complexity index is 404. The summed E-state index contributed by atoms with van der Waals surface area (Å²) in [6.07, 6.45) is 1.77. The first kappa shape index (κ1) is 14.0. The number of carbonyl (C=O) groups is 1. The lowest BCUT2D eigenvalue weighted by molar-refractivity contribution is -0.137. The largest absolute Gasteiger partial charge is 0.378 e. The minimum Gasteiger partial charge on any atom is -0.378 e. The van der Waals surface area contributed by atoms with Crippen molar-refractivity contribution in [2.24, 2.45) is 0 Å². The summed E-state index contributed by atoms with van der Waals surface area (Å²) in [5.74, 6) is 0.131. The van der Waals surface area contributed by atoms with Gasteiger partial charge in [0.25, 0.3) is 0 Å². The Balaban J connectivity index is 1.89. The van der Waals surface area contributed by atoms with Crippen LogP contribution in [-0.4, -0.2) is 48.1 Å². The highest BCUT2D eigenvalue weighted by atomic mass is 16.5. The van der Waals surface area contributed by atoms with Crippen molar-refractivity contribution in [1.29, 1.82) is 0 Å². The molecule has 5 heteroatoms. The first-order chi connectivity index (χ1) is 9.18. The molecule has 0 bridgehead atoms. The van der Waals surface area contributed by atoms with Gasteiger partial charge in [-0.05, 0) is 26.0 Å². The quantitative estimate of drug-likeness (QED) is 0.880. The van der Waals surface area contributed by atoms with E-state index in [1.54, 1.807) is 6.20 Å². The lowest BCUT2D eigenvalue weighted by Gasteiger charge is -2.30. The lowest BCUT2D eigenvalue weighted by Crippen LogP contribution is -2.49. The molecule has 1 saturated heterocycles. The van der Waals surface area contributed by atoms with E-state index >= 15 is 0 Å². The molecule has 1 aromatic rings. The molecule has 1 amide bonds. The van der Waals surface area contributed by atoms with Gasteiger partial charge < -0.3 is 9.64 Å². The van der Waals surface area contributed by atoms with Crippen molar-refractivity contribution in [1.82, 2.24) is 15.2 Å². The summed E-state index contributed by atoms with van der Waals surface area (Å²) in [6.45, 7) is 6.55. The number of ether oxygens (including phenoxy) is 1. The molecular formula is C14H21N3O2. The Labute approximate surface area is 114 Å². The van der Waals surface area contributed by atoms with Crippen LogP contribution in [0.4, 0.5) is 0 Å². The Kier molecular flexibility index (Phi) is 4.87. The molecule has 0 radical (unpaired) electrons. The number of pyridine rings is 1. The zero-order valence-electron chi connectivity index (χ0n) is 11.5. The van der Waals surface area contributed by atoms with Gasteiger partial charge in [0, 0.05) is 25.3 Å². The van der Waals surface area contributed by atoms with Gasteiger partial charge in [-0.25, -0.2) is 0 Å². The summed E-state index contributed by atoms with van der Waals surface area (Å²) in [5, 5.41) is 3.30. The van der Waals surface area contributed by atoms with Crippen molar-refractivity contribution in [3.8, 4) is 0 Å². The van der Waals surface area contributed by atoms with Crippen LogP contribution in [0.2, 0.25) is 0 Å². The summed E-state index contributed by atoms with van der Waals surface area (Å²) in [6, 6.07) is 5.65. The monoisotopic (exact) mass is 263 g/mol. The van der Waals surface area contributed by atoms with Gasteiger partial charge in [-0.15, -0.1) is 0 Å². The fraction of sp³-hybridized carbons (Fsp3) is 0.571. The summed E-state index contributed by atoms with van der Waals surface area (Å²) < 4.78 is 5.26. The van der Waals surface area contributed by atoms with Gasteiger partial charge in [0.05, 0.1) is 24.9 Å². The molecule has 0 aliphatic carbocycles. The molecule has 2 heterocycles. The van der Waals surface area contributed by atoms with E-state index in [-0.39, 0.29) is 18.0 Å². The van der Waals surface area contributed by atoms with Crippen LogP contribution in [0.25, 0.3) is 0 Å². The molecule has 1 aliphatic heterocycles. The third kappa shape index (κ3) is 3.75. The molecule has 1 fully saturated rings. The first-order valence-corrected chi connectivity index (χ1v) is 6.72. The van der Waals surface area contributed by atoms with Crippen molar-refractivity contribution in [2.75, 3.05) is 26.3 Å². The summed E-state index contributed by atoms with van der Waals surface area (Å²) in [4.78, 5) is 18.4. The second-order valence-electron chi connectivity index (χ2n) is 4.80. The van der Waals surface area contributed by atoms with Gasteiger partial charge in [0.15, 0.2) is 0 Å². The van der Waals surface area contributed by atoms with Crippen molar-refractivity contribution in [3.63, 3.8) is 0 Å².